The van der Waals surface area contributed by atoms with Crippen LogP contribution in [0.5, 0.6) is 5.75 Å². The molecule has 0 bridgehead atoms. The molecule has 0 aliphatic carbocycles. The number of nitrogens with one attached hydrogen (secondary N) is 2. The number of carbonyl (C=O) groups excluding carboxylic acids is 1. The molecule has 1 fully saturated rings. The lowest BCUT2D eigenvalue weighted by atomic mass is 10.0. The molecule has 2 amide bonds. The zero-order chi connectivity index (χ0) is 15.5. The number of urea groups is 1. The Bertz CT molecular complexity index is 552. The Morgan fingerprint density at radius 1 is 1.43 bits per heavy atom. The van der Waals surface area contributed by atoms with Crippen LogP contribution in [0.3, 0.4) is 0 Å². The van der Waals surface area contributed by atoms with E-state index in [0.29, 0.717) is 25.4 Å². The molecule has 0 radical (unpaired) electrons. The van der Waals surface area contributed by atoms with Crippen molar-refractivity contribution in [2.75, 3.05) is 25.6 Å². The average Bonchev–Trinajstić information content (AvgIpc) is 2.84. The van der Waals surface area contributed by atoms with Gasteiger partial charge in [-0.2, -0.15) is 0 Å². The van der Waals surface area contributed by atoms with Crippen LogP contribution >= 0.6 is 0 Å². The number of carbonyl (C=O) groups is 2. The second-order valence-electron chi connectivity index (χ2n) is 5.16. The number of hydrogen-bond acceptors (Lipinski definition) is 4. The maximum Gasteiger partial charge on any atom is 0.337 e. The first-order valence-electron chi connectivity index (χ1n) is 6.52. The minimum Gasteiger partial charge on any atom is -0.497 e. The van der Waals surface area contributed by atoms with Gasteiger partial charge in [0.25, 0.3) is 0 Å². The molecule has 0 saturated carbocycles. The van der Waals surface area contributed by atoms with E-state index in [0.717, 1.165) is 0 Å². The maximum absolute atomic E-state index is 12.0. The Hall–Kier alpha value is -2.28. The molecular formula is C14H18N2O5. The summed E-state index contributed by atoms with van der Waals surface area (Å²) in [7, 11) is 1.47. The molecule has 1 saturated heterocycles. The second kappa shape index (κ2) is 6.01. The molecule has 0 aromatic heterocycles. The smallest absolute Gasteiger partial charge is 0.337 e. The Kier molecular flexibility index (Phi) is 4.32. The minimum absolute atomic E-state index is 0.00113. The molecule has 7 nitrogen and oxygen atoms in total. The first-order valence-corrected chi connectivity index (χ1v) is 6.52. The summed E-state index contributed by atoms with van der Waals surface area (Å²) in [6.45, 7) is 2.91. The van der Waals surface area contributed by atoms with Crippen LogP contribution in [-0.4, -0.2) is 43.0 Å². The molecule has 1 aromatic rings. The lowest BCUT2D eigenvalue weighted by molar-refractivity contribution is 0.0698. The van der Waals surface area contributed by atoms with Gasteiger partial charge >= 0.3 is 12.0 Å². The van der Waals surface area contributed by atoms with E-state index < -0.39 is 17.5 Å². The molecule has 3 N–H and O–H groups in total. The quantitative estimate of drug-likeness (QED) is 0.785. The number of benzene rings is 1. The molecule has 1 aromatic carbocycles. The molecular weight excluding hydrogens is 276 g/mol. The second-order valence-corrected chi connectivity index (χ2v) is 5.16. The first kappa shape index (κ1) is 15.1. The van der Waals surface area contributed by atoms with Gasteiger partial charge < -0.3 is 25.2 Å². The van der Waals surface area contributed by atoms with Crippen molar-refractivity contribution in [1.82, 2.24) is 5.32 Å². The average molecular weight is 294 g/mol. The Balaban J connectivity index is 2.13. The number of hydrogen-bond donors (Lipinski definition) is 3. The summed E-state index contributed by atoms with van der Waals surface area (Å²) < 4.78 is 10.3. The fourth-order valence-electron chi connectivity index (χ4n) is 2.13. The number of carboxylic acid groups (broad SMARTS) is 1. The summed E-state index contributed by atoms with van der Waals surface area (Å²) in [5.41, 5.74) is -0.257. The highest BCUT2D eigenvalue weighted by Crippen LogP contribution is 2.23. The standard InChI is InChI=1S/C14H18N2O5/c1-14(5-6-21-8-14)16-13(19)15-11-7-9(20-2)3-4-10(11)12(17)18/h3-4,7H,5-6,8H2,1-2H3,(H,17,18)(H2,15,16,19). The number of methoxy groups -OCH3 is 1. The number of rotatable bonds is 4. The van der Waals surface area contributed by atoms with Crippen LogP contribution in [0.4, 0.5) is 10.5 Å². The normalized spacial score (nSPS) is 20.9. The van der Waals surface area contributed by atoms with Gasteiger partial charge in [0.1, 0.15) is 5.75 Å². The predicted octanol–water partition coefficient (Wildman–Crippen LogP) is 1.69. The summed E-state index contributed by atoms with van der Waals surface area (Å²) in [5, 5.41) is 14.5. The van der Waals surface area contributed by atoms with E-state index in [1.54, 1.807) is 0 Å². The summed E-state index contributed by atoms with van der Waals surface area (Å²) in [6, 6.07) is 3.91. The Labute approximate surface area is 122 Å². The van der Waals surface area contributed by atoms with Gasteiger partial charge in [-0.3, -0.25) is 0 Å². The lowest BCUT2D eigenvalue weighted by Gasteiger charge is -2.24. The van der Waals surface area contributed by atoms with E-state index in [1.807, 2.05) is 6.92 Å². The van der Waals surface area contributed by atoms with Crippen LogP contribution < -0.4 is 15.4 Å². The topological polar surface area (TPSA) is 96.9 Å². The molecule has 1 heterocycles. The summed E-state index contributed by atoms with van der Waals surface area (Å²) >= 11 is 0. The molecule has 2 rings (SSSR count). The Morgan fingerprint density at radius 2 is 2.19 bits per heavy atom. The molecule has 7 heteroatoms. The van der Waals surface area contributed by atoms with Gasteiger partial charge in [-0.1, -0.05) is 0 Å². The SMILES string of the molecule is COc1ccc(C(=O)O)c(NC(=O)NC2(C)CCOC2)c1. The van der Waals surface area contributed by atoms with Gasteiger partial charge in [-0.05, 0) is 25.5 Å². The third-order valence-electron chi connectivity index (χ3n) is 3.34. The summed E-state index contributed by atoms with van der Waals surface area (Å²) in [6.07, 6.45) is 0.713. The van der Waals surface area contributed by atoms with Crippen molar-refractivity contribution in [2.45, 2.75) is 18.9 Å². The van der Waals surface area contributed by atoms with E-state index in [4.69, 9.17) is 14.6 Å². The van der Waals surface area contributed by atoms with Crippen LogP contribution in [-0.2, 0) is 4.74 Å². The highest BCUT2D eigenvalue weighted by molar-refractivity contribution is 6.00. The van der Waals surface area contributed by atoms with Crippen molar-refractivity contribution in [1.29, 1.82) is 0 Å². The van der Waals surface area contributed by atoms with Crippen LogP contribution in [0.15, 0.2) is 18.2 Å². The monoisotopic (exact) mass is 294 g/mol. The van der Waals surface area contributed by atoms with Crippen LogP contribution in [0.1, 0.15) is 23.7 Å². The van der Waals surface area contributed by atoms with Crippen molar-refractivity contribution >= 4 is 17.7 Å². The van der Waals surface area contributed by atoms with E-state index in [9.17, 15) is 9.59 Å². The van der Waals surface area contributed by atoms with Gasteiger partial charge in [0.2, 0.25) is 0 Å². The highest BCUT2D eigenvalue weighted by Gasteiger charge is 2.31. The van der Waals surface area contributed by atoms with E-state index in [1.165, 1.54) is 25.3 Å². The minimum atomic E-state index is -1.12. The number of ether oxygens (including phenoxy) is 2. The van der Waals surface area contributed by atoms with Gasteiger partial charge in [0, 0.05) is 12.7 Å². The summed E-state index contributed by atoms with van der Waals surface area (Å²) in [4.78, 5) is 23.2. The molecule has 21 heavy (non-hydrogen) atoms. The number of carboxylic acids is 1. The van der Waals surface area contributed by atoms with Crippen LogP contribution in [0.2, 0.25) is 0 Å². The Morgan fingerprint density at radius 3 is 2.76 bits per heavy atom. The van der Waals surface area contributed by atoms with E-state index in [2.05, 4.69) is 10.6 Å². The highest BCUT2D eigenvalue weighted by atomic mass is 16.5. The van der Waals surface area contributed by atoms with Crippen molar-refractivity contribution < 1.29 is 24.2 Å². The largest absolute Gasteiger partial charge is 0.497 e. The fraction of sp³-hybridized carbons (Fsp3) is 0.429. The maximum atomic E-state index is 12.0. The molecule has 1 aliphatic heterocycles. The molecule has 1 unspecified atom stereocenters. The van der Waals surface area contributed by atoms with E-state index >= 15 is 0 Å². The van der Waals surface area contributed by atoms with Gasteiger partial charge in [0.05, 0.1) is 30.5 Å². The van der Waals surface area contributed by atoms with E-state index in [-0.39, 0.29) is 11.3 Å². The summed E-state index contributed by atoms with van der Waals surface area (Å²) in [5.74, 6) is -0.658. The van der Waals surface area contributed by atoms with Crippen molar-refractivity contribution in [3.8, 4) is 5.75 Å². The van der Waals surface area contributed by atoms with Gasteiger partial charge in [-0.15, -0.1) is 0 Å². The van der Waals surface area contributed by atoms with Crippen LogP contribution in [0.25, 0.3) is 0 Å². The van der Waals surface area contributed by atoms with Crippen molar-refractivity contribution in [3.63, 3.8) is 0 Å². The molecule has 1 atom stereocenters. The lowest BCUT2D eigenvalue weighted by Crippen LogP contribution is -2.48. The third-order valence-corrected chi connectivity index (χ3v) is 3.34. The van der Waals surface area contributed by atoms with Crippen molar-refractivity contribution in [3.05, 3.63) is 23.8 Å². The fourth-order valence-corrected chi connectivity index (χ4v) is 2.13. The number of aromatic carboxylic acids is 1. The zero-order valence-corrected chi connectivity index (χ0v) is 11.9. The number of anilines is 1. The molecule has 1 aliphatic rings. The predicted molar refractivity (Wildman–Crippen MR) is 75.9 cm³/mol. The third kappa shape index (κ3) is 3.63. The van der Waals surface area contributed by atoms with Crippen LogP contribution in [0, 0.1) is 0 Å². The molecule has 114 valence electrons. The molecule has 0 spiro atoms. The zero-order valence-electron chi connectivity index (χ0n) is 11.9. The first-order chi connectivity index (χ1) is 9.93. The number of amides is 2. The van der Waals surface area contributed by atoms with Crippen molar-refractivity contribution in [2.24, 2.45) is 0 Å². The van der Waals surface area contributed by atoms with Gasteiger partial charge in [0.15, 0.2) is 0 Å². The van der Waals surface area contributed by atoms with Gasteiger partial charge in [-0.25, -0.2) is 9.59 Å².